The number of unbranched alkanes of at least 4 members (excludes halogenated alkanes) is 2. The minimum Gasteiger partial charge on any atom is -0.424 e. The molecule has 0 aliphatic carbocycles. The second-order valence-electron chi connectivity index (χ2n) is 7.27. The summed E-state index contributed by atoms with van der Waals surface area (Å²) in [5.41, 5.74) is 0. The molecule has 10 nitrogen and oxygen atoms in total. The molecule has 1 atom stereocenters. The zero-order valence-electron chi connectivity index (χ0n) is 16.9. The van der Waals surface area contributed by atoms with Gasteiger partial charge in [-0.05, 0) is 12.5 Å². The molecule has 1 fully saturated rings. The van der Waals surface area contributed by atoms with Crippen LogP contribution in [0.1, 0.15) is 50.3 Å². The smallest absolute Gasteiger partial charge is 0.233 e. The Labute approximate surface area is 170 Å². The third-order valence-corrected chi connectivity index (χ3v) is 5.08. The molecule has 0 unspecified atom stereocenters. The van der Waals surface area contributed by atoms with Crippen LogP contribution in [0.5, 0.6) is 0 Å². The van der Waals surface area contributed by atoms with E-state index in [1.807, 2.05) is 6.07 Å². The van der Waals surface area contributed by atoms with E-state index < -0.39 is 0 Å². The number of hydrogen-bond acceptors (Lipinski definition) is 9. The maximum absolute atomic E-state index is 10.8. The summed E-state index contributed by atoms with van der Waals surface area (Å²) in [6.45, 7) is 6.25. The number of hydrogen-bond donors (Lipinski definition) is 1. The highest BCUT2D eigenvalue weighted by atomic mass is 16.5. The predicted molar refractivity (Wildman–Crippen MR) is 105 cm³/mol. The van der Waals surface area contributed by atoms with Gasteiger partial charge >= 0.3 is 0 Å². The number of rotatable bonds is 11. The summed E-state index contributed by atoms with van der Waals surface area (Å²) in [5.74, 6) is 1.63. The van der Waals surface area contributed by atoms with E-state index in [4.69, 9.17) is 4.42 Å². The van der Waals surface area contributed by atoms with E-state index in [-0.39, 0.29) is 12.5 Å². The van der Waals surface area contributed by atoms with Crippen LogP contribution >= 0.6 is 0 Å². The highest BCUT2D eigenvalue weighted by Gasteiger charge is 2.23. The van der Waals surface area contributed by atoms with Crippen LogP contribution in [0.4, 0.5) is 5.95 Å². The van der Waals surface area contributed by atoms with Crippen molar-refractivity contribution in [1.29, 1.82) is 0 Å². The van der Waals surface area contributed by atoms with Crippen LogP contribution in [0.3, 0.4) is 0 Å². The maximum Gasteiger partial charge on any atom is 0.233 e. The lowest BCUT2D eigenvalue weighted by Gasteiger charge is -2.33. The van der Waals surface area contributed by atoms with Gasteiger partial charge in [-0.1, -0.05) is 26.2 Å². The SMILES string of the molecule is CCCCC[C@H](CN(O)C=O)c1nnc(CN2CCN(c3ncccn3)CC2)o1. The fraction of sp³-hybridized carbons (Fsp3) is 0.632. The lowest BCUT2D eigenvalue weighted by molar-refractivity contribution is -0.151. The summed E-state index contributed by atoms with van der Waals surface area (Å²) in [5, 5.41) is 18.6. The van der Waals surface area contributed by atoms with Crippen molar-refractivity contribution in [2.45, 2.75) is 45.1 Å². The molecule has 158 valence electrons. The Bertz CT molecular complexity index is 734. The molecule has 1 aliphatic heterocycles. The van der Waals surface area contributed by atoms with Crippen molar-refractivity contribution in [2.24, 2.45) is 0 Å². The molecule has 29 heavy (non-hydrogen) atoms. The van der Waals surface area contributed by atoms with Crippen LogP contribution < -0.4 is 4.90 Å². The van der Waals surface area contributed by atoms with Crippen molar-refractivity contribution in [3.05, 3.63) is 30.2 Å². The summed E-state index contributed by atoms with van der Waals surface area (Å²) in [7, 11) is 0. The Morgan fingerprint density at radius 3 is 2.66 bits per heavy atom. The fourth-order valence-corrected chi connectivity index (χ4v) is 3.45. The summed E-state index contributed by atoms with van der Waals surface area (Å²) in [4.78, 5) is 23.8. The van der Waals surface area contributed by atoms with Gasteiger partial charge in [-0.25, -0.2) is 15.0 Å². The van der Waals surface area contributed by atoms with Gasteiger partial charge in [0.1, 0.15) is 0 Å². The standard InChI is InChI=1S/C19H29N7O3/c1-2-3-4-6-16(13-26(28)15-27)18-23-22-17(29-18)14-24-9-11-25(12-10-24)19-20-7-5-8-21-19/h5,7-8,15-16,28H,2-4,6,9-14H2,1H3/t16-/m1/s1. The third-order valence-electron chi connectivity index (χ3n) is 5.08. The molecule has 0 aromatic carbocycles. The first-order valence-electron chi connectivity index (χ1n) is 10.2. The Morgan fingerprint density at radius 1 is 1.21 bits per heavy atom. The van der Waals surface area contributed by atoms with Gasteiger partial charge in [0.25, 0.3) is 0 Å². The number of hydroxylamine groups is 2. The van der Waals surface area contributed by atoms with Crippen molar-refractivity contribution >= 4 is 12.4 Å². The van der Waals surface area contributed by atoms with E-state index in [0.29, 0.717) is 29.8 Å². The highest BCUT2D eigenvalue weighted by Crippen LogP contribution is 2.23. The second kappa shape index (κ2) is 10.8. The van der Waals surface area contributed by atoms with Crippen molar-refractivity contribution < 1.29 is 14.4 Å². The second-order valence-corrected chi connectivity index (χ2v) is 7.27. The Kier molecular flexibility index (Phi) is 7.88. The molecular formula is C19H29N7O3. The first-order valence-corrected chi connectivity index (χ1v) is 10.2. The van der Waals surface area contributed by atoms with E-state index >= 15 is 0 Å². The fourth-order valence-electron chi connectivity index (χ4n) is 3.45. The van der Waals surface area contributed by atoms with Gasteiger partial charge in [0, 0.05) is 38.6 Å². The van der Waals surface area contributed by atoms with Crippen molar-refractivity contribution in [3.8, 4) is 0 Å². The Balaban J connectivity index is 1.54. The first kappa shape index (κ1) is 21.1. The molecule has 0 spiro atoms. The van der Waals surface area contributed by atoms with E-state index in [2.05, 4.69) is 36.9 Å². The average molecular weight is 403 g/mol. The minimum atomic E-state index is -0.162. The van der Waals surface area contributed by atoms with Gasteiger partial charge in [0.05, 0.1) is 19.0 Å². The number of carbonyl (C=O) groups is 1. The van der Waals surface area contributed by atoms with Crippen molar-refractivity contribution in [3.63, 3.8) is 0 Å². The van der Waals surface area contributed by atoms with Gasteiger partial charge < -0.3 is 9.32 Å². The molecule has 2 aromatic heterocycles. The zero-order valence-corrected chi connectivity index (χ0v) is 16.9. The van der Waals surface area contributed by atoms with Gasteiger partial charge in [-0.2, -0.15) is 0 Å². The van der Waals surface area contributed by atoms with Crippen LogP contribution in [0.2, 0.25) is 0 Å². The summed E-state index contributed by atoms with van der Waals surface area (Å²) in [6.07, 6.45) is 7.86. The largest absolute Gasteiger partial charge is 0.424 e. The van der Waals surface area contributed by atoms with E-state index in [9.17, 15) is 10.0 Å². The first-order chi connectivity index (χ1) is 14.2. The number of nitrogens with zero attached hydrogens (tertiary/aromatic N) is 7. The van der Waals surface area contributed by atoms with Crippen LogP contribution in [-0.2, 0) is 11.3 Å². The molecule has 1 amide bonds. The molecule has 0 radical (unpaired) electrons. The van der Waals surface area contributed by atoms with Crippen LogP contribution in [-0.4, -0.2) is 74.5 Å². The zero-order chi connectivity index (χ0) is 20.5. The Hall–Kier alpha value is -2.59. The minimum absolute atomic E-state index is 0.157. The number of aromatic nitrogens is 4. The lowest BCUT2D eigenvalue weighted by atomic mass is 10.0. The maximum atomic E-state index is 10.8. The summed E-state index contributed by atoms with van der Waals surface area (Å²) >= 11 is 0. The third kappa shape index (κ3) is 6.20. The molecule has 0 saturated carbocycles. The van der Waals surface area contributed by atoms with E-state index in [0.717, 1.165) is 57.8 Å². The van der Waals surface area contributed by atoms with Gasteiger partial charge in [-0.15, -0.1) is 10.2 Å². The summed E-state index contributed by atoms with van der Waals surface area (Å²) < 4.78 is 5.88. The van der Waals surface area contributed by atoms with Gasteiger partial charge in [0.15, 0.2) is 0 Å². The molecule has 1 aliphatic rings. The van der Waals surface area contributed by atoms with Gasteiger partial charge in [0.2, 0.25) is 24.1 Å². The van der Waals surface area contributed by atoms with Crippen LogP contribution in [0.25, 0.3) is 0 Å². The number of amides is 1. The predicted octanol–water partition coefficient (Wildman–Crippen LogP) is 1.69. The van der Waals surface area contributed by atoms with Crippen LogP contribution in [0.15, 0.2) is 22.9 Å². The van der Waals surface area contributed by atoms with E-state index in [1.165, 1.54) is 0 Å². The highest BCUT2D eigenvalue weighted by molar-refractivity contribution is 5.44. The number of piperazine rings is 1. The molecule has 1 saturated heterocycles. The number of carbonyl (C=O) groups excluding carboxylic acids is 1. The number of anilines is 1. The van der Waals surface area contributed by atoms with Crippen molar-refractivity contribution in [1.82, 2.24) is 30.1 Å². The van der Waals surface area contributed by atoms with Gasteiger partial charge in [-0.3, -0.25) is 14.9 Å². The molecule has 2 aromatic rings. The monoisotopic (exact) mass is 403 g/mol. The normalized spacial score (nSPS) is 16.0. The van der Waals surface area contributed by atoms with E-state index in [1.54, 1.807) is 12.4 Å². The Morgan fingerprint density at radius 2 is 1.97 bits per heavy atom. The van der Waals surface area contributed by atoms with Crippen molar-refractivity contribution in [2.75, 3.05) is 37.6 Å². The molecule has 3 rings (SSSR count). The summed E-state index contributed by atoms with van der Waals surface area (Å²) in [6, 6.07) is 1.81. The molecular weight excluding hydrogens is 374 g/mol. The topological polar surface area (TPSA) is 112 Å². The molecule has 10 heteroatoms. The van der Waals surface area contributed by atoms with Crippen LogP contribution in [0, 0.1) is 0 Å². The quantitative estimate of drug-likeness (QED) is 0.259. The molecule has 0 bridgehead atoms. The lowest BCUT2D eigenvalue weighted by Crippen LogP contribution is -2.46. The average Bonchev–Trinajstić information content (AvgIpc) is 3.22. The molecule has 1 N–H and O–H groups in total. The molecule has 3 heterocycles.